The van der Waals surface area contributed by atoms with Crippen molar-refractivity contribution in [1.29, 1.82) is 0 Å². The lowest BCUT2D eigenvalue weighted by atomic mass is 10.2. The van der Waals surface area contributed by atoms with Crippen molar-refractivity contribution in [2.45, 2.75) is 24.7 Å². The first-order valence-corrected chi connectivity index (χ1v) is 8.50. The Hall–Kier alpha value is -2.32. The molecular weight excluding hydrogens is 328 g/mol. The van der Waals surface area contributed by atoms with Crippen molar-refractivity contribution in [3.63, 3.8) is 0 Å². The van der Waals surface area contributed by atoms with Crippen molar-refractivity contribution in [3.8, 4) is 0 Å². The Morgan fingerprint density at radius 2 is 2.00 bits per heavy atom. The number of hydrogen-bond acceptors (Lipinski definition) is 5. The summed E-state index contributed by atoms with van der Waals surface area (Å²) >= 11 is 1.36. The van der Waals surface area contributed by atoms with Gasteiger partial charge in [-0.15, -0.1) is 0 Å². The van der Waals surface area contributed by atoms with Crippen LogP contribution in [0.25, 0.3) is 11.2 Å². The summed E-state index contributed by atoms with van der Waals surface area (Å²) in [6, 6.07) is 9.71. The molecule has 126 valence electrons. The third-order valence-corrected chi connectivity index (χ3v) is 4.83. The molecule has 24 heavy (non-hydrogen) atoms. The molecule has 2 aromatic heterocycles. The van der Waals surface area contributed by atoms with Crippen LogP contribution in [0.1, 0.15) is 12.5 Å². The van der Waals surface area contributed by atoms with Gasteiger partial charge in [-0.25, -0.2) is 9.78 Å². The van der Waals surface area contributed by atoms with E-state index in [1.165, 1.54) is 16.3 Å². The van der Waals surface area contributed by atoms with Crippen molar-refractivity contribution >= 4 is 22.9 Å². The number of aliphatic hydroxyl groups excluding tert-OH is 1. The molecule has 2 N–H and O–H groups in total. The van der Waals surface area contributed by atoms with Gasteiger partial charge in [0.2, 0.25) is 0 Å². The van der Waals surface area contributed by atoms with E-state index in [4.69, 9.17) is 0 Å². The Labute approximate surface area is 142 Å². The number of aryl methyl sites for hydroxylation is 1. The minimum Gasteiger partial charge on any atom is -0.393 e. The fourth-order valence-corrected chi connectivity index (χ4v) is 3.29. The number of fused-ring (bicyclic) bond motifs is 1. The first kappa shape index (κ1) is 16.5. The van der Waals surface area contributed by atoms with Crippen LogP contribution < -0.4 is 11.2 Å². The van der Waals surface area contributed by atoms with Gasteiger partial charge in [0.05, 0.1) is 12.6 Å². The predicted molar refractivity (Wildman–Crippen MR) is 93.5 cm³/mol. The van der Waals surface area contributed by atoms with Crippen molar-refractivity contribution in [2.75, 3.05) is 5.75 Å². The fourth-order valence-electron chi connectivity index (χ4n) is 2.43. The zero-order valence-corrected chi connectivity index (χ0v) is 14.2. The maximum Gasteiger partial charge on any atom is 0.329 e. The maximum atomic E-state index is 12.3. The second-order valence-electron chi connectivity index (χ2n) is 5.62. The summed E-state index contributed by atoms with van der Waals surface area (Å²) in [5.74, 6) is 0.448. The van der Waals surface area contributed by atoms with Gasteiger partial charge < -0.3 is 9.67 Å². The summed E-state index contributed by atoms with van der Waals surface area (Å²) in [5, 5.41) is 10.1. The number of benzene rings is 1. The van der Waals surface area contributed by atoms with Gasteiger partial charge in [0, 0.05) is 12.8 Å². The molecule has 0 fully saturated rings. The first-order chi connectivity index (χ1) is 11.5. The van der Waals surface area contributed by atoms with Gasteiger partial charge in [-0.1, -0.05) is 42.1 Å². The lowest BCUT2D eigenvalue weighted by molar-refractivity contribution is 0.220. The minimum absolute atomic E-state index is 0.341. The Morgan fingerprint density at radius 1 is 1.29 bits per heavy atom. The van der Waals surface area contributed by atoms with Gasteiger partial charge in [0.1, 0.15) is 0 Å². The van der Waals surface area contributed by atoms with E-state index < -0.39 is 17.4 Å². The number of nitrogens with zero attached hydrogens (tertiary/aromatic N) is 3. The largest absolute Gasteiger partial charge is 0.393 e. The van der Waals surface area contributed by atoms with Crippen molar-refractivity contribution < 1.29 is 5.11 Å². The number of thioether (sulfide) groups is 1. The quantitative estimate of drug-likeness (QED) is 0.671. The van der Waals surface area contributed by atoms with Crippen LogP contribution in [0.15, 0.2) is 45.1 Å². The van der Waals surface area contributed by atoms with Gasteiger partial charge in [0.15, 0.2) is 16.3 Å². The number of imidazole rings is 1. The molecule has 0 amide bonds. The molecule has 0 radical (unpaired) electrons. The van der Waals surface area contributed by atoms with Crippen LogP contribution in [-0.4, -0.2) is 36.1 Å². The Balaban J connectivity index is 2.19. The number of aromatic nitrogens is 4. The highest BCUT2D eigenvalue weighted by Crippen LogP contribution is 2.23. The SMILES string of the molecule is CC(O)CSc1nc2c(c(=O)[nH]c(=O)n2C)n1Cc1ccccc1. The van der Waals surface area contributed by atoms with E-state index in [2.05, 4.69) is 9.97 Å². The molecule has 0 aliphatic carbocycles. The van der Waals surface area contributed by atoms with Crippen LogP contribution in [0.3, 0.4) is 0 Å². The second-order valence-corrected chi connectivity index (χ2v) is 6.60. The van der Waals surface area contributed by atoms with Gasteiger partial charge in [-0.2, -0.15) is 0 Å². The molecule has 3 rings (SSSR count). The third kappa shape index (κ3) is 3.15. The van der Waals surface area contributed by atoms with Crippen LogP contribution in [0.5, 0.6) is 0 Å². The molecule has 0 aliphatic heterocycles. The predicted octanol–water partition coefficient (Wildman–Crippen LogP) is 0.944. The van der Waals surface area contributed by atoms with E-state index in [0.717, 1.165) is 5.56 Å². The highest BCUT2D eigenvalue weighted by atomic mass is 32.2. The van der Waals surface area contributed by atoms with Crippen LogP contribution in [-0.2, 0) is 13.6 Å². The number of aliphatic hydroxyl groups is 1. The lowest BCUT2D eigenvalue weighted by Crippen LogP contribution is -2.29. The van der Waals surface area contributed by atoms with Crippen LogP contribution in [0.4, 0.5) is 0 Å². The van der Waals surface area contributed by atoms with Crippen molar-refractivity contribution in [1.82, 2.24) is 19.1 Å². The van der Waals surface area contributed by atoms with E-state index in [0.29, 0.717) is 28.6 Å². The summed E-state index contributed by atoms with van der Waals surface area (Å²) in [6.45, 7) is 2.15. The number of aromatic amines is 1. The van der Waals surface area contributed by atoms with Crippen LogP contribution >= 0.6 is 11.8 Å². The Bertz CT molecular complexity index is 973. The molecule has 0 spiro atoms. The van der Waals surface area contributed by atoms with E-state index in [1.54, 1.807) is 18.5 Å². The Kier molecular flexibility index (Phi) is 4.59. The highest BCUT2D eigenvalue weighted by Gasteiger charge is 2.18. The van der Waals surface area contributed by atoms with E-state index in [1.807, 2.05) is 30.3 Å². The summed E-state index contributed by atoms with van der Waals surface area (Å²) in [6.07, 6.45) is -0.498. The molecule has 0 aliphatic rings. The summed E-state index contributed by atoms with van der Waals surface area (Å²) in [5.41, 5.74) is 0.759. The van der Waals surface area contributed by atoms with Gasteiger partial charge in [-0.3, -0.25) is 14.3 Å². The van der Waals surface area contributed by atoms with E-state index in [9.17, 15) is 14.7 Å². The van der Waals surface area contributed by atoms with Crippen LogP contribution in [0.2, 0.25) is 0 Å². The zero-order valence-electron chi connectivity index (χ0n) is 13.4. The summed E-state index contributed by atoms with van der Waals surface area (Å²) in [4.78, 5) is 30.9. The molecule has 0 bridgehead atoms. The van der Waals surface area contributed by atoms with Gasteiger partial charge >= 0.3 is 5.69 Å². The van der Waals surface area contributed by atoms with Gasteiger partial charge in [0.25, 0.3) is 5.56 Å². The van der Waals surface area contributed by atoms with Crippen molar-refractivity contribution in [2.24, 2.45) is 7.05 Å². The highest BCUT2D eigenvalue weighted by molar-refractivity contribution is 7.99. The average molecular weight is 346 g/mol. The average Bonchev–Trinajstić information content (AvgIpc) is 2.91. The standard InChI is InChI=1S/C16H18N4O3S/c1-10(21)9-24-16-17-13-12(14(22)18-15(23)19(13)2)20(16)8-11-6-4-3-5-7-11/h3-7,10,21H,8-9H2,1-2H3,(H,18,22,23). The lowest BCUT2D eigenvalue weighted by Gasteiger charge is -2.09. The number of hydrogen-bond donors (Lipinski definition) is 2. The smallest absolute Gasteiger partial charge is 0.329 e. The molecular formula is C16H18N4O3S. The molecule has 0 saturated carbocycles. The molecule has 7 nitrogen and oxygen atoms in total. The first-order valence-electron chi connectivity index (χ1n) is 7.51. The van der Waals surface area contributed by atoms with E-state index in [-0.39, 0.29) is 0 Å². The molecule has 2 heterocycles. The van der Waals surface area contributed by atoms with Crippen molar-refractivity contribution in [3.05, 3.63) is 56.7 Å². The number of rotatable bonds is 5. The monoisotopic (exact) mass is 346 g/mol. The van der Waals surface area contributed by atoms with E-state index >= 15 is 0 Å². The summed E-state index contributed by atoms with van der Waals surface area (Å²) < 4.78 is 3.11. The summed E-state index contributed by atoms with van der Waals surface area (Å²) in [7, 11) is 1.57. The molecule has 1 unspecified atom stereocenters. The number of H-pyrrole nitrogens is 1. The normalized spacial score (nSPS) is 12.6. The number of nitrogens with one attached hydrogen (secondary N) is 1. The third-order valence-electron chi connectivity index (χ3n) is 3.61. The van der Waals surface area contributed by atoms with Crippen LogP contribution in [0, 0.1) is 0 Å². The molecule has 0 saturated heterocycles. The molecule has 1 aromatic carbocycles. The molecule has 8 heteroatoms. The minimum atomic E-state index is -0.498. The molecule has 1 atom stereocenters. The second kappa shape index (κ2) is 6.66. The zero-order chi connectivity index (χ0) is 17.3. The van der Waals surface area contributed by atoms with Gasteiger partial charge in [-0.05, 0) is 12.5 Å². The maximum absolute atomic E-state index is 12.3. The topological polar surface area (TPSA) is 92.9 Å². The molecule has 3 aromatic rings. The fraction of sp³-hybridized carbons (Fsp3) is 0.312. The Morgan fingerprint density at radius 3 is 2.67 bits per heavy atom.